The van der Waals surface area contributed by atoms with Gasteiger partial charge in [0, 0.05) is 0 Å². The third kappa shape index (κ3) is 14.3. The summed E-state index contributed by atoms with van der Waals surface area (Å²) in [4.78, 5) is 21.8. The maximum atomic E-state index is 10.9. The Morgan fingerprint density at radius 3 is 1.39 bits per heavy atom. The summed E-state index contributed by atoms with van der Waals surface area (Å²) in [5.41, 5.74) is 5.07. The van der Waals surface area contributed by atoms with Crippen molar-refractivity contribution in [2.75, 3.05) is 0 Å². The monoisotopic (exact) mass is 327 g/mol. The number of carbonyl (C=O) groups is 2. The van der Waals surface area contributed by atoms with E-state index in [0.717, 1.165) is 19.3 Å². The lowest BCUT2D eigenvalue weighted by molar-refractivity contribution is -0.146. The number of nitrogens with two attached hydrogens (primary N) is 1. The lowest BCUT2D eigenvalue weighted by Crippen LogP contribution is -2.30. The van der Waals surface area contributed by atoms with E-state index in [0.29, 0.717) is 6.42 Å². The van der Waals surface area contributed by atoms with E-state index in [1.165, 1.54) is 70.6 Å². The molecule has 0 aliphatic carbocycles. The standard InChI is InChI=1S/C19H37NO3/c1-2-3-4-5-6-7-8-9-10-11-12-13-14-15-16-17(18(20)21)19(22)23/h17H,2-16H2,1H3,(H2,20,21)(H,22,23). The second kappa shape index (κ2) is 15.8. The van der Waals surface area contributed by atoms with Crippen molar-refractivity contribution in [1.82, 2.24) is 0 Å². The Balaban J connectivity index is 3.24. The van der Waals surface area contributed by atoms with Crippen molar-refractivity contribution in [3.8, 4) is 0 Å². The van der Waals surface area contributed by atoms with Crippen LogP contribution in [-0.2, 0) is 9.59 Å². The lowest BCUT2D eigenvalue weighted by atomic mass is 9.99. The third-order valence-corrected chi connectivity index (χ3v) is 4.49. The van der Waals surface area contributed by atoms with Crippen molar-refractivity contribution in [2.24, 2.45) is 11.7 Å². The molecule has 0 aliphatic heterocycles. The number of hydrogen-bond donors (Lipinski definition) is 2. The molecule has 0 aromatic heterocycles. The fraction of sp³-hybridized carbons (Fsp3) is 0.895. The molecule has 0 fully saturated rings. The van der Waals surface area contributed by atoms with Gasteiger partial charge >= 0.3 is 5.97 Å². The molecule has 23 heavy (non-hydrogen) atoms. The molecule has 3 N–H and O–H groups in total. The van der Waals surface area contributed by atoms with Crippen molar-refractivity contribution in [3.05, 3.63) is 0 Å². The van der Waals surface area contributed by atoms with E-state index in [2.05, 4.69) is 6.92 Å². The van der Waals surface area contributed by atoms with Crippen LogP contribution in [0.25, 0.3) is 0 Å². The van der Waals surface area contributed by atoms with Gasteiger partial charge in [-0.3, -0.25) is 9.59 Å². The fourth-order valence-corrected chi connectivity index (χ4v) is 2.93. The highest BCUT2D eigenvalue weighted by Crippen LogP contribution is 2.15. The first-order valence-electron chi connectivity index (χ1n) is 9.61. The van der Waals surface area contributed by atoms with Crippen molar-refractivity contribution in [1.29, 1.82) is 0 Å². The topological polar surface area (TPSA) is 80.4 Å². The molecule has 1 unspecified atom stereocenters. The van der Waals surface area contributed by atoms with E-state index in [9.17, 15) is 9.59 Å². The van der Waals surface area contributed by atoms with Crippen LogP contribution in [0.2, 0.25) is 0 Å². The molecule has 0 aromatic rings. The van der Waals surface area contributed by atoms with Gasteiger partial charge in [0.25, 0.3) is 0 Å². The molecule has 0 heterocycles. The van der Waals surface area contributed by atoms with Crippen LogP contribution >= 0.6 is 0 Å². The Labute approximate surface area is 142 Å². The third-order valence-electron chi connectivity index (χ3n) is 4.49. The van der Waals surface area contributed by atoms with E-state index >= 15 is 0 Å². The van der Waals surface area contributed by atoms with Crippen LogP contribution in [0.4, 0.5) is 0 Å². The van der Waals surface area contributed by atoms with Crippen molar-refractivity contribution in [3.63, 3.8) is 0 Å². The summed E-state index contributed by atoms with van der Waals surface area (Å²) < 4.78 is 0. The van der Waals surface area contributed by atoms with E-state index in [1.54, 1.807) is 0 Å². The highest BCUT2D eigenvalue weighted by molar-refractivity contribution is 5.95. The number of hydrogen-bond acceptors (Lipinski definition) is 2. The molecule has 0 saturated heterocycles. The zero-order chi connectivity index (χ0) is 17.3. The summed E-state index contributed by atoms with van der Waals surface area (Å²) in [6.45, 7) is 2.25. The molecule has 1 amide bonds. The zero-order valence-electron chi connectivity index (χ0n) is 15.0. The maximum Gasteiger partial charge on any atom is 0.316 e. The lowest BCUT2D eigenvalue weighted by Gasteiger charge is -2.07. The quantitative estimate of drug-likeness (QED) is 0.290. The molecular formula is C19H37NO3. The molecule has 0 aromatic carbocycles. The van der Waals surface area contributed by atoms with Gasteiger partial charge in [-0.05, 0) is 6.42 Å². The van der Waals surface area contributed by atoms with Gasteiger partial charge in [-0.25, -0.2) is 0 Å². The zero-order valence-corrected chi connectivity index (χ0v) is 15.0. The van der Waals surface area contributed by atoms with Crippen LogP contribution in [0, 0.1) is 5.92 Å². The predicted octanol–water partition coefficient (Wildman–Crippen LogP) is 5.04. The van der Waals surface area contributed by atoms with Gasteiger partial charge in [0.05, 0.1) is 0 Å². The minimum atomic E-state index is -1.09. The summed E-state index contributed by atoms with van der Waals surface area (Å²) >= 11 is 0. The first kappa shape index (κ1) is 21.9. The molecule has 136 valence electrons. The molecule has 0 spiro atoms. The summed E-state index contributed by atoms with van der Waals surface area (Å²) in [7, 11) is 0. The average molecular weight is 328 g/mol. The van der Waals surface area contributed by atoms with Crippen LogP contribution in [0.3, 0.4) is 0 Å². The molecule has 0 saturated carbocycles. The van der Waals surface area contributed by atoms with Crippen molar-refractivity contribution >= 4 is 11.9 Å². The smallest absolute Gasteiger partial charge is 0.316 e. The molecule has 4 heteroatoms. The number of carbonyl (C=O) groups excluding carboxylic acids is 1. The number of unbranched alkanes of at least 4 members (excludes halogenated alkanes) is 13. The van der Waals surface area contributed by atoms with Gasteiger partial charge in [0.1, 0.15) is 5.92 Å². The summed E-state index contributed by atoms with van der Waals surface area (Å²) in [5, 5.41) is 8.85. The SMILES string of the molecule is CCCCCCCCCCCCCCCCC(C(N)=O)C(=O)O. The molecule has 0 aliphatic rings. The minimum absolute atomic E-state index is 0.378. The largest absolute Gasteiger partial charge is 0.481 e. The highest BCUT2D eigenvalue weighted by Gasteiger charge is 2.22. The summed E-state index contributed by atoms with van der Waals surface area (Å²) in [6, 6.07) is 0. The van der Waals surface area contributed by atoms with Gasteiger partial charge < -0.3 is 10.8 Å². The predicted molar refractivity (Wildman–Crippen MR) is 95.2 cm³/mol. The first-order chi connectivity index (χ1) is 11.1. The number of amides is 1. The molecule has 4 nitrogen and oxygen atoms in total. The number of aliphatic carboxylic acids is 1. The van der Waals surface area contributed by atoms with Gasteiger partial charge in [-0.15, -0.1) is 0 Å². The van der Waals surface area contributed by atoms with Crippen LogP contribution in [0.15, 0.2) is 0 Å². The summed E-state index contributed by atoms with van der Waals surface area (Å²) in [5.74, 6) is -2.81. The Hall–Kier alpha value is -1.06. The Kier molecular flexibility index (Phi) is 15.1. The summed E-state index contributed by atoms with van der Waals surface area (Å²) in [6.07, 6.45) is 18.1. The second-order valence-electron chi connectivity index (χ2n) is 6.68. The fourth-order valence-electron chi connectivity index (χ4n) is 2.93. The first-order valence-corrected chi connectivity index (χ1v) is 9.61. The van der Waals surface area contributed by atoms with Gasteiger partial charge in [-0.1, -0.05) is 96.8 Å². The van der Waals surface area contributed by atoms with Crippen LogP contribution < -0.4 is 5.73 Å². The Morgan fingerprint density at radius 1 is 0.739 bits per heavy atom. The maximum absolute atomic E-state index is 10.9. The minimum Gasteiger partial charge on any atom is -0.481 e. The highest BCUT2D eigenvalue weighted by atomic mass is 16.4. The van der Waals surface area contributed by atoms with Gasteiger partial charge in [0.2, 0.25) is 5.91 Å². The molecule has 0 rings (SSSR count). The molecule has 0 radical (unpaired) electrons. The Morgan fingerprint density at radius 2 is 1.09 bits per heavy atom. The van der Waals surface area contributed by atoms with Crippen LogP contribution in [0.5, 0.6) is 0 Å². The molecule has 0 bridgehead atoms. The van der Waals surface area contributed by atoms with Crippen LogP contribution in [-0.4, -0.2) is 17.0 Å². The number of carboxylic acids is 1. The number of rotatable bonds is 17. The van der Waals surface area contributed by atoms with E-state index < -0.39 is 17.8 Å². The number of primary amides is 1. The van der Waals surface area contributed by atoms with Gasteiger partial charge in [0.15, 0.2) is 0 Å². The van der Waals surface area contributed by atoms with E-state index in [-0.39, 0.29) is 0 Å². The number of carboxylic acid groups (broad SMARTS) is 1. The van der Waals surface area contributed by atoms with E-state index in [4.69, 9.17) is 10.8 Å². The Bertz CT molecular complexity index is 291. The van der Waals surface area contributed by atoms with Crippen molar-refractivity contribution < 1.29 is 14.7 Å². The van der Waals surface area contributed by atoms with E-state index in [1.807, 2.05) is 0 Å². The van der Waals surface area contributed by atoms with Gasteiger partial charge in [-0.2, -0.15) is 0 Å². The normalized spacial score (nSPS) is 12.2. The molecular weight excluding hydrogens is 290 g/mol. The average Bonchev–Trinajstić information content (AvgIpc) is 2.50. The molecule has 1 atom stereocenters. The van der Waals surface area contributed by atoms with Crippen LogP contribution in [0.1, 0.15) is 103 Å². The van der Waals surface area contributed by atoms with Crippen molar-refractivity contribution in [2.45, 2.75) is 103 Å². The second-order valence-corrected chi connectivity index (χ2v) is 6.68.